The molecule has 96 valence electrons. The van der Waals surface area contributed by atoms with E-state index < -0.39 is 0 Å². The van der Waals surface area contributed by atoms with Crippen LogP contribution in [0.25, 0.3) is 0 Å². The average Bonchev–Trinajstić information content (AvgIpc) is 2.14. The third-order valence-corrected chi connectivity index (χ3v) is 2.28. The van der Waals surface area contributed by atoms with E-state index in [9.17, 15) is 0 Å². The van der Waals surface area contributed by atoms with Crippen LogP contribution in [-0.4, -0.2) is 42.1 Å². The highest BCUT2D eigenvalue weighted by atomic mass is 15.1. The van der Waals surface area contributed by atoms with Crippen LogP contribution in [0.5, 0.6) is 0 Å². The Hall–Kier alpha value is -1.36. The van der Waals surface area contributed by atoms with Crippen LogP contribution < -0.4 is 11.1 Å². The summed E-state index contributed by atoms with van der Waals surface area (Å²) in [6, 6.07) is 1.77. The zero-order valence-electron chi connectivity index (χ0n) is 11.4. The van der Waals surface area contributed by atoms with Crippen molar-refractivity contribution in [2.75, 3.05) is 38.2 Å². The minimum absolute atomic E-state index is 0.0899. The number of nitrogens with zero attached hydrogens (tertiary/aromatic N) is 3. The number of hydrogen-bond acceptors (Lipinski definition) is 5. The van der Waals surface area contributed by atoms with Crippen molar-refractivity contribution in [3.05, 3.63) is 11.9 Å². The fraction of sp³-hybridized carbons (Fsp3) is 0.667. The molecule has 5 nitrogen and oxygen atoms in total. The molecule has 1 rings (SSSR count). The molecule has 0 aromatic carbocycles. The van der Waals surface area contributed by atoms with Gasteiger partial charge in [0.25, 0.3) is 0 Å². The summed E-state index contributed by atoms with van der Waals surface area (Å²) < 4.78 is 0. The Bertz CT molecular complexity index is 368. The van der Waals surface area contributed by atoms with Crippen LogP contribution in [-0.2, 0) is 5.41 Å². The van der Waals surface area contributed by atoms with Gasteiger partial charge in [0.2, 0.25) is 0 Å². The van der Waals surface area contributed by atoms with E-state index in [1.165, 1.54) is 0 Å². The Morgan fingerprint density at radius 2 is 1.94 bits per heavy atom. The Balaban J connectivity index is 2.76. The molecule has 0 atom stereocenters. The lowest BCUT2D eigenvalue weighted by atomic mass is 9.96. The summed E-state index contributed by atoms with van der Waals surface area (Å²) in [6.07, 6.45) is 0. The monoisotopic (exact) mass is 237 g/mol. The van der Waals surface area contributed by atoms with E-state index in [2.05, 4.69) is 41.0 Å². The quantitative estimate of drug-likeness (QED) is 0.827. The van der Waals surface area contributed by atoms with Gasteiger partial charge in [0.05, 0.1) is 0 Å². The van der Waals surface area contributed by atoms with E-state index in [1.54, 1.807) is 6.07 Å². The number of nitrogens with two attached hydrogens (primary N) is 1. The first kappa shape index (κ1) is 13.7. The molecule has 17 heavy (non-hydrogen) atoms. The van der Waals surface area contributed by atoms with Crippen molar-refractivity contribution in [1.82, 2.24) is 14.9 Å². The van der Waals surface area contributed by atoms with Gasteiger partial charge in [0.15, 0.2) is 0 Å². The summed E-state index contributed by atoms with van der Waals surface area (Å²) in [7, 11) is 4.08. The van der Waals surface area contributed by atoms with Crippen LogP contribution in [0, 0.1) is 0 Å². The molecule has 0 radical (unpaired) electrons. The summed E-state index contributed by atoms with van der Waals surface area (Å²) in [5, 5.41) is 3.26. The van der Waals surface area contributed by atoms with Gasteiger partial charge < -0.3 is 16.0 Å². The summed E-state index contributed by atoms with van der Waals surface area (Å²) in [6.45, 7) is 8.02. The number of nitrogen functional groups attached to an aromatic ring is 1. The van der Waals surface area contributed by atoms with Gasteiger partial charge in [-0.2, -0.15) is 0 Å². The van der Waals surface area contributed by atoms with Crippen molar-refractivity contribution < 1.29 is 0 Å². The van der Waals surface area contributed by atoms with Gasteiger partial charge in [0.1, 0.15) is 17.5 Å². The number of aromatic nitrogens is 2. The number of rotatable bonds is 4. The summed E-state index contributed by atoms with van der Waals surface area (Å²) >= 11 is 0. The number of likely N-dealkylation sites (N-methyl/N-ethyl adjacent to an activating group) is 1. The summed E-state index contributed by atoms with van der Waals surface area (Å²) in [4.78, 5) is 10.9. The first-order chi connectivity index (χ1) is 7.79. The Labute approximate surface area is 103 Å². The highest BCUT2D eigenvalue weighted by Gasteiger charge is 2.18. The fourth-order valence-electron chi connectivity index (χ4n) is 1.30. The second-order valence-electron chi connectivity index (χ2n) is 5.48. The standard InChI is InChI=1S/C12H23N5/c1-12(2,3)11-15-9(13)8-10(16-11)14-6-7-17(4)5/h8H,6-7H2,1-5H3,(H3,13,14,15,16). The van der Waals surface area contributed by atoms with Crippen molar-refractivity contribution in [3.63, 3.8) is 0 Å². The molecule has 0 aliphatic heterocycles. The number of anilines is 2. The fourth-order valence-corrected chi connectivity index (χ4v) is 1.30. The highest BCUT2D eigenvalue weighted by molar-refractivity contribution is 5.45. The zero-order chi connectivity index (χ0) is 13.1. The van der Waals surface area contributed by atoms with Crippen LogP contribution in [0.3, 0.4) is 0 Å². The zero-order valence-corrected chi connectivity index (χ0v) is 11.4. The van der Waals surface area contributed by atoms with Crippen molar-refractivity contribution >= 4 is 11.6 Å². The molecule has 1 aromatic heterocycles. The number of hydrogen-bond donors (Lipinski definition) is 2. The minimum atomic E-state index is -0.0899. The summed E-state index contributed by atoms with van der Waals surface area (Å²) in [5.74, 6) is 2.08. The molecular formula is C12H23N5. The summed E-state index contributed by atoms with van der Waals surface area (Å²) in [5.41, 5.74) is 5.70. The molecule has 0 bridgehead atoms. The highest BCUT2D eigenvalue weighted by Crippen LogP contribution is 2.20. The normalized spacial score (nSPS) is 11.9. The van der Waals surface area contributed by atoms with Crippen LogP contribution in [0.1, 0.15) is 26.6 Å². The molecule has 0 saturated heterocycles. The third-order valence-electron chi connectivity index (χ3n) is 2.28. The SMILES string of the molecule is CN(C)CCNc1cc(N)nc(C(C)(C)C)n1. The topological polar surface area (TPSA) is 67.1 Å². The molecule has 1 aromatic rings. The van der Waals surface area contributed by atoms with Crippen molar-refractivity contribution in [2.24, 2.45) is 0 Å². The average molecular weight is 237 g/mol. The molecule has 1 heterocycles. The molecule has 3 N–H and O–H groups in total. The minimum Gasteiger partial charge on any atom is -0.384 e. The van der Waals surface area contributed by atoms with Crippen LogP contribution >= 0.6 is 0 Å². The maximum absolute atomic E-state index is 5.79. The maximum atomic E-state index is 5.79. The number of nitrogens with one attached hydrogen (secondary N) is 1. The second-order valence-corrected chi connectivity index (χ2v) is 5.48. The first-order valence-electron chi connectivity index (χ1n) is 5.82. The van der Waals surface area contributed by atoms with Gasteiger partial charge in [-0.15, -0.1) is 0 Å². The van der Waals surface area contributed by atoms with Gasteiger partial charge in [-0.05, 0) is 14.1 Å². The van der Waals surface area contributed by atoms with Gasteiger partial charge in [0, 0.05) is 24.6 Å². The predicted octanol–water partition coefficient (Wildman–Crippen LogP) is 1.33. The van der Waals surface area contributed by atoms with Crippen molar-refractivity contribution in [1.29, 1.82) is 0 Å². The molecule has 0 saturated carbocycles. The van der Waals surface area contributed by atoms with Crippen molar-refractivity contribution in [3.8, 4) is 0 Å². The van der Waals surface area contributed by atoms with E-state index in [-0.39, 0.29) is 5.41 Å². The van der Waals surface area contributed by atoms with Crippen molar-refractivity contribution in [2.45, 2.75) is 26.2 Å². The Kier molecular flexibility index (Phi) is 4.28. The van der Waals surface area contributed by atoms with E-state index in [0.717, 1.165) is 24.7 Å². The largest absolute Gasteiger partial charge is 0.384 e. The molecule has 0 spiro atoms. The van der Waals surface area contributed by atoms with E-state index >= 15 is 0 Å². The molecule has 0 aliphatic rings. The van der Waals surface area contributed by atoms with Gasteiger partial charge in [-0.3, -0.25) is 0 Å². The Morgan fingerprint density at radius 3 is 2.47 bits per heavy atom. The Morgan fingerprint density at radius 1 is 1.29 bits per heavy atom. The van der Waals surface area contributed by atoms with Crippen LogP contribution in [0.15, 0.2) is 6.07 Å². The molecule has 0 amide bonds. The lowest BCUT2D eigenvalue weighted by Gasteiger charge is -2.18. The van der Waals surface area contributed by atoms with Crippen LogP contribution in [0.4, 0.5) is 11.6 Å². The van der Waals surface area contributed by atoms with Gasteiger partial charge in [-0.1, -0.05) is 20.8 Å². The molecule has 0 fully saturated rings. The second kappa shape index (κ2) is 5.31. The lowest BCUT2D eigenvalue weighted by Crippen LogP contribution is -2.22. The third kappa shape index (κ3) is 4.56. The smallest absolute Gasteiger partial charge is 0.138 e. The first-order valence-corrected chi connectivity index (χ1v) is 5.82. The lowest BCUT2D eigenvalue weighted by molar-refractivity contribution is 0.425. The van der Waals surface area contributed by atoms with Crippen LogP contribution in [0.2, 0.25) is 0 Å². The molecule has 5 heteroatoms. The molecule has 0 unspecified atom stereocenters. The van der Waals surface area contributed by atoms with Gasteiger partial charge in [-0.25, -0.2) is 9.97 Å². The predicted molar refractivity (Wildman–Crippen MR) is 72.2 cm³/mol. The molecular weight excluding hydrogens is 214 g/mol. The molecule has 0 aliphatic carbocycles. The van der Waals surface area contributed by atoms with E-state index in [1.807, 2.05) is 14.1 Å². The van der Waals surface area contributed by atoms with E-state index in [4.69, 9.17) is 5.73 Å². The maximum Gasteiger partial charge on any atom is 0.138 e. The van der Waals surface area contributed by atoms with E-state index in [0.29, 0.717) is 5.82 Å². The van der Waals surface area contributed by atoms with Gasteiger partial charge >= 0.3 is 0 Å².